The number of aromatic amines is 1. The van der Waals surface area contributed by atoms with Gasteiger partial charge in [-0.25, -0.2) is 13.8 Å². The summed E-state index contributed by atoms with van der Waals surface area (Å²) in [6, 6.07) is 3.19. The van der Waals surface area contributed by atoms with Gasteiger partial charge < -0.3 is 14.8 Å². The highest BCUT2D eigenvalue weighted by molar-refractivity contribution is 5.94. The summed E-state index contributed by atoms with van der Waals surface area (Å²) in [4.78, 5) is 23.3. The molecule has 0 unspecified atom stereocenters. The van der Waals surface area contributed by atoms with Crippen molar-refractivity contribution < 1.29 is 13.6 Å². The number of hydrogen-bond donors (Lipinski definition) is 1. The molecule has 5 nitrogen and oxygen atoms in total. The van der Waals surface area contributed by atoms with E-state index in [2.05, 4.69) is 9.97 Å². The van der Waals surface area contributed by atoms with Crippen LogP contribution in [0.5, 0.6) is 0 Å². The molecule has 0 aliphatic rings. The number of likely N-dealkylation sites (N-methyl/N-ethyl adjacent to an activating group) is 1. The van der Waals surface area contributed by atoms with Gasteiger partial charge >= 0.3 is 0 Å². The quantitative estimate of drug-likeness (QED) is 0.887. The Kier molecular flexibility index (Phi) is 5.44. The Labute approximate surface area is 133 Å². The molecule has 0 fully saturated rings. The summed E-state index contributed by atoms with van der Waals surface area (Å²) in [6.45, 7) is 3.28. The van der Waals surface area contributed by atoms with E-state index >= 15 is 0 Å². The third-order valence-electron chi connectivity index (χ3n) is 3.55. The van der Waals surface area contributed by atoms with E-state index in [1.54, 1.807) is 11.2 Å². The Morgan fingerprint density at radius 1 is 1.22 bits per heavy atom. The molecule has 1 heterocycles. The van der Waals surface area contributed by atoms with Gasteiger partial charge in [-0.05, 0) is 39.2 Å². The predicted octanol–water partition coefficient (Wildman–Crippen LogP) is 2.20. The minimum Gasteiger partial charge on any atom is -0.348 e. The Balaban J connectivity index is 2.22. The van der Waals surface area contributed by atoms with Gasteiger partial charge in [0.15, 0.2) is 11.6 Å². The van der Waals surface area contributed by atoms with Gasteiger partial charge in [0.2, 0.25) is 0 Å². The standard InChI is InChI=1S/C16H20F2N4O/c1-11-15(20-10-19-11)9-22(7-6-21(2)3)16(23)12-4-5-13(17)14(18)8-12/h4-5,8,10H,6-7,9H2,1-3H3,(H,19,20). The number of benzene rings is 1. The molecule has 0 aliphatic heterocycles. The average molecular weight is 322 g/mol. The molecule has 1 aromatic heterocycles. The number of carbonyl (C=O) groups excluding carboxylic acids is 1. The van der Waals surface area contributed by atoms with Crippen molar-refractivity contribution in [3.8, 4) is 0 Å². The highest BCUT2D eigenvalue weighted by Gasteiger charge is 2.19. The fourth-order valence-corrected chi connectivity index (χ4v) is 2.11. The van der Waals surface area contributed by atoms with Crippen molar-refractivity contribution >= 4 is 5.91 Å². The summed E-state index contributed by atoms with van der Waals surface area (Å²) in [5, 5.41) is 0. The Bertz CT molecular complexity index is 684. The number of imidazole rings is 1. The summed E-state index contributed by atoms with van der Waals surface area (Å²) in [6.07, 6.45) is 1.57. The maximum Gasteiger partial charge on any atom is 0.254 e. The van der Waals surface area contributed by atoms with E-state index in [1.165, 1.54) is 6.07 Å². The fraction of sp³-hybridized carbons (Fsp3) is 0.375. The summed E-state index contributed by atoms with van der Waals surface area (Å²) in [7, 11) is 3.81. The highest BCUT2D eigenvalue weighted by atomic mass is 19.2. The lowest BCUT2D eigenvalue weighted by molar-refractivity contribution is 0.0729. The molecule has 0 spiro atoms. The number of rotatable bonds is 6. The minimum absolute atomic E-state index is 0.121. The van der Waals surface area contributed by atoms with Crippen molar-refractivity contribution in [3.63, 3.8) is 0 Å². The normalized spacial score (nSPS) is 11.0. The molecule has 0 saturated heterocycles. The van der Waals surface area contributed by atoms with Gasteiger partial charge in [0, 0.05) is 24.3 Å². The number of aromatic nitrogens is 2. The first kappa shape index (κ1) is 17.1. The van der Waals surface area contributed by atoms with Crippen LogP contribution in [0.2, 0.25) is 0 Å². The van der Waals surface area contributed by atoms with Crippen molar-refractivity contribution in [2.75, 3.05) is 27.2 Å². The molecule has 1 aromatic carbocycles. The van der Waals surface area contributed by atoms with E-state index in [0.717, 1.165) is 23.5 Å². The predicted molar refractivity (Wildman–Crippen MR) is 83.0 cm³/mol. The van der Waals surface area contributed by atoms with Crippen molar-refractivity contribution in [1.29, 1.82) is 0 Å². The number of H-pyrrole nitrogens is 1. The van der Waals surface area contributed by atoms with Crippen LogP contribution in [-0.4, -0.2) is 52.9 Å². The van der Waals surface area contributed by atoms with Gasteiger partial charge in [-0.2, -0.15) is 0 Å². The zero-order chi connectivity index (χ0) is 17.0. The third-order valence-corrected chi connectivity index (χ3v) is 3.55. The fourth-order valence-electron chi connectivity index (χ4n) is 2.11. The van der Waals surface area contributed by atoms with Crippen molar-refractivity contribution in [2.45, 2.75) is 13.5 Å². The topological polar surface area (TPSA) is 52.2 Å². The van der Waals surface area contributed by atoms with Crippen LogP contribution in [0.3, 0.4) is 0 Å². The Morgan fingerprint density at radius 3 is 2.52 bits per heavy atom. The zero-order valence-corrected chi connectivity index (χ0v) is 13.4. The Hall–Kier alpha value is -2.28. The molecule has 1 amide bonds. The van der Waals surface area contributed by atoms with Crippen molar-refractivity contribution in [3.05, 3.63) is 53.1 Å². The van der Waals surface area contributed by atoms with E-state index in [1.807, 2.05) is 25.9 Å². The van der Waals surface area contributed by atoms with Crippen LogP contribution in [0.4, 0.5) is 8.78 Å². The molecular formula is C16H20F2N4O. The second-order valence-electron chi connectivity index (χ2n) is 5.63. The zero-order valence-electron chi connectivity index (χ0n) is 13.4. The minimum atomic E-state index is -1.03. The molecule has 2 rings (SSSR count). The summed E-state index contributed by atoms with van der Waals surface area (Å²) in [5.74, 6) is -2.35. The van der Waals surface area contributed by atoms with Crippen LogP contribution in [-0.2, 0) is 6.54 Å². The monoisotopic (exact) mass is 322 g/mol. The van der Waals surface area contributed by atoms with Gasteiger partial charge in [-0.15, -0.1) is 0 Å². The SMILES string of the molecule is Cc1[nH]cnc1CN(CCN(C)C)C(=O)c1ccc(F)c(F)c1. The molecule has 0 radical (unpaired) electrons. The first-order valence-electron chi connectivity index (χ1n) is 7.26. The van der Waals surface area contributed by atoms with Crippen LogP contribution in [0.15, 0.2) is 24.5 Å². The molecule has 0 aliphatic carbocycles. The molecule has 7 heteroatoms. The average Bonchev–Trinajstić information content (AvgIpc) is 2.90. The Morgan fingerprint density at radius 2 is 1.96 bits per heavy atom. The van der Waals surface area contributed by atoms with Gasteiger partial charge in [-0.1, -0.05) is 0 Å². The lowest BCUT2D eigenvalue weighted by atomic mass is 10.1. The maximum atomic E-state index is 13.4. The summed E-state index contributed by atoms with van der Waals surface area (Å²) >= 11 is 0. The van der Waals surface area contributed by atoms with Crippen LogP contribution in [0.25, 0.3) is 0 Å². The second-order valence-corrected chi connectivity index (χ2v) is 5.63. The van der Waals surface area contributed by atoms with E-state index in [4.69, 9.17) is 0 Å². The molecule has 23 heavy (non-hydrogen) atoms. The van der Waals surface area contributed by atoms with E-state index < -0.39 is 11.6 Å². The molecule has 2 aromatic rings. The number of nitrogens with one attached hydrogen (secondary N) is 1. The number of carbonyl (C=O) groups is 1. The van der Waals surface area contributed by atoms with Gasteiger partial charge in [0.1, 0.15) is 0 Å². The maximum absolute atomic E-state index is 13.4. The first-order chi connectivity index (χ1) is 10.9. The number of hydrogen-bond acceptors (Lipinski definition) is 3. The molecule has 0 atom stereocenters. The molecule has 0 bridgehead atoms. The van der Waals surface area contributed by atoms with Crippen LogP contribution in [0.1, 0.15) is 21.7 Å². The molecule has 0 saturated carbocycles. The molecule has 124 valence electrons. The third kappa shape index (κ3) is 4.35. The first-order valence-corrected chi connectivity index (χ1v) is 7.26. The number of halogens is 2. The van der Waals surface area contributed by atoms with Crippen molar-refractivity contribution in [2.24, 2.45) is 0 Å². The smallest absolute Gasteiger partial charge is 0.254 e. The number of nitrogens with zero attached hydrogens (tertiary/aromatic N) is 3. The van der Waals surface area contributed by atoms with E-state index in [-0.39, 0.29) is 11.5 Å². The second kappa shape index (κ2) is 7.32. The lowest BCUT2D eigenvalue weighted by Gasteiger charge is -2.24. The van der Waals surface area contributed by atoms with Gasteiger partial charge in [0.05, 0.1) is 18.6 Å². The molecular weight excluding hydrogens is 302 g/mol. The number of aryl methyl sites for hydroxylation is 1. The van der Waals surface area contributed by atoms with Crippen LogP contribution in [0, 0.1) is 18.6 Å². The van der Waals surface area contributed by atoms with Gasteiger partial charge in [0.25, 0.3) is 5.91 Å². The largest absolute Gasteiger partial charge is 0.348 e. The lowest BCUT2D eigenvalue weighted by Crippen LogP contribution is -2.36. The van der Waals surface area contributed by atoms with E-state index in [0.29, 0.717) is 19.6 Å². The van der Waals surface area contributed by atoms with Crippen LogP contribution < -0.4 is 0 Å². The van der Waals surface area contributed by atoms with Gasteiger partial charge in [-0.3, -0.25) is 4.79 Å². The highest BCUT2D eigenvalue weighted by Crippen LogP contribution is 2.14. The summed E-state index contributed by atoms with van der Waals surface area (Å²) < 4.78 is 26.4. The molecule has 1 N–H and O–H groups in total. The number of amides is 1. The van der Waals surface area contributed by atoms with Crippen LogP contribution >= 0.6 is 0 Å². The van der Waals surface area contributed by atoms with Crippen molar-refractivity contribution in [1.82, 2.24) is 19.8 Å². The van der Waals surface area contributed by atoms with E-state index in [9.17, 15) is 13.6 Å². The summed E-state index contributed by atoms with van der Waals surface area (Å²) in [5.41, 5.74) is 1.74.